The minimum Gasteiger partial charge on any atom is -0.363 e. The molecule has 18 heavy (non-hydrogen) atoms. The zero-order chi connectivity index (χ0) is 13.1. The molecule has 9 nitrogen and oxygen atoms in total. The van der Waals surface area contributed by atoms with Gasteiger partial charge < -0.3 is 4.74 Å². The summed E-state index contributed by atoms with van der Waals surface area (Å²) in [6.07, 6.45) is 3.04. The molecule has 98 valence electrons. The van der Waals surface area contributed by atoms with Crippen molar-refractivity contribution in [2.45, 2.75) is 31.6 Å². The highest BCUT2D eigenvalue weighted by atomic mass is 16.6. The lowest BCUT2D eigenvalue weighted by Gasteiger charge is -2.12. The third-order valence-electron chi connectivity index (χ3n) is 2.76. The van der Waals surface area contributed by atoms with Crippen molar-refractivity contribution in [2.75, 3.05) is 0 Å². The van der Waals surface area contributed by atoms with E-state index in [0.29, 0.717) is 19.4 Å². The predicted octanol–water partition coefficient (Wildman–Crippen LogP) is -0.671. The van der Waals surface area contributed by atoms with Crippen LogP contribution in [0, 0.1) is 10.1 Å². The van der Waals surface area contributed by atoms with E-state index in [0.717, 1.165) is 0 Å². The van der Waals surface area contributed by atoms with Crippen LogP contribution in [0.5, 0.6) is 0 Å². The summed E-state index contributed by atoms with van der Waals surface area (Å²) in [4.78, 5) is 21.2. The van der Waals surface area contributed by atoms with Crippen molar-refractivity contribution in [1.29, 1.82) is 0 Å². The lowest BCUT2D eigenvalue weighted by molar-refractivity contribution is -0.385. The number of nitrogens with two attached hydrogens (primary N) is 1. The van der Waals surface area contributed by atoms with E-state index >= 15 is 0 Å². The van der Waals surface area contributed by atoms with Gasteiger partial charge in [0.2, 0.25) is 0 Å². The van der Waals surface area contributed by atoms with E-state index in [1.54, 1.807) is 0 Å². The first-order valence-electron chi connectivity index (χ1n) is 5.43. The van der Waals surface area contributed by atoms with Crippen LogP contribution in [0.15, 0.2) is 12.4 Å². The molecule has 2 unspecified atom stereocenters. The fourth-order valence-corrected chi connectivity index (χ4v) is 1.88. The van der Waals surface area contributed by atoms with Crippen LogP contribution in [0.1, 0.15) is 12.8 Å². The van der Waals surface area contributed by atoms with Crippen molar-refractivity contribution in [3.05, 3.63) is 22.5 Å². The van der Waals surface area contributed by atoms with Gasteiger partial charge >= 0.3 is 5.69 Å². The van der Waals surface area contributed by atoms with E-state index in [4.69, 9.17) is 10.6 Å². The summed E-state index contributed by atoms with van der Waals surface area (Å²) in [6, 6.07) is 0. The van der Waals surface area contributed by atoms with Crippen molar-refractivity contribution in [3.8, 4) is 0 Å². The van der Waals surface area contributed by atoms with Crippen molar-refractivity contribution in [3.63, 3.8) is 0 Å². The highest BCUT2D eigenvalue weighted by Gasteiger charge is 2.30. The van der Waals surface area contributed by atoms with Gasteiger partial charge in [-0.05, 0) is 12.8 Å². The zero-order valence-electron chi connectivity index (χ0n) is 9.48. The summed E-state index contributed by atoms with van der Waals surface area (Å²) in [5, 5.41) is 14.3. The Kier molecular flexibility index (Phi) is 3.53. The number of rotatable bonds is 4. The van der Waals surface area contributed by atoms with Gasteiger partial charge in [-0.2, -0.15) is 5.10 Å². The van der Waals surface area contributed by atoms with E-state index in [1.165, 1.54) is 17.1 Å². The maximum absolute atomic E-state index is 11.2. The molecule has 1 aromatic rings. The van der Waals surface area contributed by atoms with Crippen LogP contribution >= 0.6 is 0 Å². The molecule has 0 spiro atoms. The summed E-state index contributed by atoms with van der Waals surface area (Å²) >= 11 is 0. The fraction of sp³-hybridized carbons (Fsp3) is 0.556. The lowest BCUT2D eigenvalue weighted by Crippen LogP contribution is -2.39. The Morgan fingerprint density at radius 2 is 2.50 bits per heavy atom. The monoisotopic (exact) mass is 255 g/mol. The molecule has 1 amide bonds. The number of amides is 1. The number of ether oxygens (including phenoxy) is 1. The average molecular weight is 255 g/mol. The molecule has 1 saturated heterocycles. The topological polar surface area (TPSA) is 125 Å². The molecule has 9 heteroatoms. The van der Waals surface area contributed by atoms with Crippen molar-refractivity contribution in [1.82, 2.24) is 15.2 Å². The summed E-state index contributed by atoms with van der Waals surface area (Å²) in [6.45, 7) is 0.377. The molecular weight excluding hydrogens is 242 g/mol. The number of hydrogen-bond donors (Lipinski definition) is 2. The minimum absolute atomic E-state index is 0.0655. The summed E-state index contributed by atoms with van der Waals surface area (Å²) in [5.74, 6) is 4.66. The Labute approximate surface area is 102 Å². The Balaban J connectivity index is 1.91. The van der Waals surface area contributed by atoms with E-state index in [9.17, 15) is 14.9 Å². The van der Waals surface area contributed by atoms with Gasteiger partial charge in [-0.15, -0.1) is 0 Å². The van der Waals surface area contributed by atoms with Crippen LogP contribution in [-0.4, -0.2) is 32.8 Å². The number of carbonyl (C=O) groups is 1. The normalized spacial score (nSPS) is 22.9. The van der Waals surface area contributed by atoms with Gasteiger partial charge in [0.15, 0.2) is 0 Å². The first kappa shape index (κ1) is 12.5. The van der Waals surface area contributed by atoms with Crippen molar-refractivity contribution in [2.24, 2.45) is 5.84 Å². The van der Waals surface area contributed by atoms with Gasteiger partial charge in [-0.3, -0.25) is 25.0 Å². The Hall–Kier alpha value is -2.00. The second kappa shape index (κ2) is 5.10. The maximum atomic E-state index is 11.2. The standard InChI is InChI=1S/C9H13N5O4/c10-12-9(15)8-2-1-7(18-8)5-13-4-6(3-11-13)14(16)17/h3-4,7-8H,1-2,5,10H2,(H,12,15). The SMILES string of the molecule is NNC(=O)C1CCC(Cn2cc([N+](=O)[O-])cn2)O1. The van der Waals surface area contributed by atoms with Crippen LogP contribution in [0.2, 0.25) is 0 Å². The quantitative estimate of drug-likeness (QED) is 0.318. The lowest BCUT2D eigenvalue weighted by atomic mass is 10.2. The van der Waals surface area contributed by atoms with Gasteiger partial charge in [0.05, 0.1) is 17.6 Å². The van der Waals surface area contributed by atoms with E-state index < -0.39 is 11.0 Å². The number of hydrazine groups is 1. The molecule has 0 aromatic carbocycles. The molecule has 3 N–H and O–H groups in total. The maximum Gasteiger partial charge on any atom is 0.306 e. The second-order valence-corrected chi connectivity index (χ2v) is 4.01. The van der Waals surface area contributed by atoms with Crippen LogP contribution in [0.4, 0.5) is 5.69 Å². The largest absolute Gasteiger partial charge is 0.363 e. The second-order valence-electron chi connectivity index (χ2n) is 4.01. The highest BCUT2D eigenvalue weighted by Crippen LogP contribution is 2.21. The highest BCUT2D eigenvalue weighted by molar-refractivity contribution is 5.80. The zero-order valence-corrected chi connectivity index (χ0v) is 9.48. The molecule has 1 aliphatic heterocycles. The van der Waals surface area contributed by atoms with Gasteiger partial charge in [0.1, 0.15) is 18.5 Å². The third kappa shape index (κ3) is 2.63. The molecule has 2 atom stereocenters. The first-order chi connectivity index (χ1) is 8.60. The molecular formula is C9H13N5O4. The molecule has 2 rings (SSSR count). The molecule has 1 aliphatic rings. The van der Waals surface area contributed by atoms with E-state index in [1.807, 2.05) is 5.43 Å². The molecule has 0 radical (unpaired) electrons. The molecule has 1 fully saturated rings. The van der Waals surface area contributed by atoms with Gasteiger partial charge in [0.25, 0.3) is 5.91 Å². The van der Waals surface area contributed by atoms with Crippen LogP contribution in [0.3, 0.4) is 0 Å². The fourth-order valence-electron chi connectivity index (χ4n) is 1.88. The summed E-state index contributed by atoms with van der Waals surface area (Å²) in [5.41, 5.74) is 1.97. The third-order valence-corrected chi connectivity index (χ3v) is 2.76. The molecule has 0 saturated carbocycles. The number of nitrogens with one attached hydrogen (secondary N) is 1. The number of nitro groups is 1. The smallest absolute Gasteiger partial charge is 0.306 e. The van der Waals surface area contributed by atoms with Crippen LogP contribution < -0.4 is 11.3 Å². The van der Waals surface area contributed by atoms with E-state index in [-0.39, 0.29) is 17.7 Å². The van der Waals surface area contributed by atoms with Gasteiger partial charge in [0, 0.05) is 0 Å². The Morgan fingerprint density at radius 3 is 3.11 bits per heavy atom. The summed E-state index contributed by atoms with van der Waals surface area (Å²) in [7, 11) is 0. The molecule has 0 bridgehead atoms. The van der Waals surface area contributed by atoms with E-state index in [2.05, 4.69) is 5.10 Å². The number of nitrogens with zero attached hydrogens (tertiary/aromatic N) is 3. The van der Waals surface area contributed by atoms with Crippen LogP contribution in [-0.2, 0) is 16.1 Å². The predicted molar refractivity (Wildman–Crippen MR) is 59.1 cm³/mol. The molecule has 1 aromatic heterocycles. The Bertz CT molecular complexity index is 460. The van der Waals surface area contributed by atoms with Gasteiger partial charge in [-0.1, -0.05) is 0 Å². The molecule has 2 heterocycles. The first-order valence-corrected chi connectivity index (χ1v) is 5.43. The number of aromatic nitrogens is 2. The average Bonchev–Trinajstić information content (AvgIpc) is 2.98. The molecule has 0 aliphatic carbocycles. The minimum atomic E-state index is -0.550. The van der Waals surface area contributed by atoms with Crippen LogP contribution in [0.25, 0.3) is 0 Å². The van der Waals surface area contributed by atoms with Crippen molar-refractivity contribution >= 4 is 11.6 Å². The summed E-state index contributed by atoms with van der Waals surface area (Å²) < 4.78 is 6.90. The number of carbonyl (C=O) groups excluding carboxylic acids is 1. The Morgan fingerprint density at radius 1 is 1.72 bits per heavy atom. The number of hydrogen-bond acceptors (Lipinski definition) is 6. The van der Waals surface area contributed by atoms with Gasteiger partial charge in [-0.25, -0.2) is 5.84 Å². The van der Waals surface area contributed by atoms with Crippen molar-refractivity contribution < 1.29 is 14.5 Å².